The van der Waals surface area contributed by atoms with Gasteiger partial charge < -0.3 is 20.3 Å². The van der Waals surface area contributed by atoms with Crippen LogP contribution in [-0.4, -0.2) is 55.0 Å². The topological polar surface area (TPSA) is 70.7 Å². The first-order valence-corrected chi connectivity index (χ1v) is 8.34. The number of amides is 2. The Kier molecular flexibility index (Phi) is 6.20. The first-order chi connectivity index (χ1) is 11.4. The molecule has 0 aliphatic carbocycles. The summed E-state index contributed by atoms with van der Waals surface area (Å²) in [5.74, 6) is 0.506. The van der Waals surface area contributed by atoms with E-state index in [9.17, 15) is 9.59 Å². The van der Waals surface area contributed by atoms with Gasteiger partial charge in [-0.15, -0.1) is 0 Å². The Morgan fingerprint density at radius 2 is 2.00 bits per heavy atom. The van der Waals surface area contributed by atoms with Gasteiger partial charge in [0.15, 0.2) is 0 Å². The maximum absolute atomic E-state index is 12.9. The van der Waals surface area contributed by atoms with Gasteiger partial charge in [-0.05, 0) is 31.5 Å². The Labute approximate surface area is 143 Å². The fourth-order valence-corrected chi connectivity index (χ4v) is 3.21. The zero-order valence-corrected chi connectivity index (χ0v) is 14.8. The van der Waals surface area contributed by atoms with Crippen LogP contribution in [0.15, 0.2) is 24.3 Å². The summed E-state index contributed by atoms with van der Waals surface area (Å²) < 4.78 is 5.23. The van der Waals surface area contributed by atoms with Gasteiger partial charge in [0, 0.05) is 38.5 Å². The first-order valence-electron chi connectivity index (χ1n) is 8.34. The molecule has 0 unspecified atom stereocenters. The molecular formula is C18H27N3O3. The first kappa shape index (κ1) is 18.3. The SMILES string of the molecule is COc1cccc(C[C@H](NC(C)=O)C(=O)N2C[C@@H](C)N[C@@H](C)C2)c1. The minimum absolute atomic E-state index is 0.0341. The fourth-order valence-electron chi connectivity index (χ4n) is 3.21. The predicted octanol–water partition coefficient (Wildman–Crippen LogP) is 0.951. The van der Waals surface area contributed by atoms with Crippen LogP contribution in [0.25, 0.3) is 0 Å². The highest BCUT2D eigenvalue weighted by molar-refractivity contribution is 5.87. The maximum atomic E-state index is 12.9. The number of benzene rings is 1. The Morgan fingerprint density at radius 3 is 2.58 bits per heavy atom. The second-order valence-electron chi connectivity index (χ2n) is 6.52. The number of hydrogen-bond donors (Lipinski definition) is 2. The summed E-state index contributed by atoms with van der Waals surface area (Å²) in [6, 6.07) is 7.50. The second-order valence-corrected chi connectivity index (χ2v) is 6.52. The molecule has 3 atom stereocenters. The maximum Gasteiger partial charge on any atom is 0.245 e. The van der Waals surface area contributed by atoms with Crippen LogP contribution >= 0.6 is 0 Å². The van der Waals surface area contributed by atoms with Crippen LogP contribution in [0, 0.1) is 0 Å². The second kappa shape index (κ2) is 8.15. The van der Waals surface area contributed by atoms with E-state index in [-0.39, 0.29) is 23.9 Å². The van der Waals surface area contributed by atoms with Crippen molar-refractivity contribution in [1.29, 1.82) is 0 Å². The lowest BCUT2D eigenvalue weighted by molar-refractivity contribution is -0.137. The summed E-state index contributed by atoms with van der Waals surface area (Å²) >= 11 is 0. The lowest BCUT2D eigenvalue weighted by Gasteiger charge is -2.38. The van der Waals surface area contributed by atoms with Crippen LogP contribution in [0.1, 0.15) is 26.3 Å². The highest BCUT2D eigenvalue weighted by Crippen LogP contribution is 2.15. The summed E-state index contributed by atoms with van der Waals surface area (Å²) in [4.78, 5) is 26.3. The number of carbonyl (C=O) groups excluding carboxylic acids is 2. The Morgan fingerprint density at radius 1 is 1.33 bits per heavy atom. The molecule has 1 aliphatic rings. The number of methoxy groups -OCH3 is 1. The molecule has 6 heteroatoms. The van der Waals surface area contributed by atoms with Crippen LogP contribution in [-0.2, 0) is 16.0 Å². The standard InChI is InChI=1S/C18H27N3O3/c1-12-10-21(11-13(2)19-12)18(23)17(20-14(3)22)9-15-6-5-7-16(8-15)24-4/h5-8,12-13,17,19H,9-11H2,1-4H3,(H,20,22)/t12-,13+,17-/m0/s1. The molecule has 0 bridgehead atoms. The number of nitrogens with one attached hydrogen (secondary N) is 2. The molecular weight excluding hydrogens is 306 g/mol. The Hall–Kier alpha value is -2.08. The van der Waals surface area contributed by atoms with E-state index in [0.29, 0.717) is 19.5 Å². The van der Waals surface area contributed by atoms with E-state index in [0.717, 1.165) is 11.3 Å². The van der Waals surface area contributed by atoms with E-state index in [1.807, 2.05) is 29.2 Å². The zero-order valence-electron chi connectivity index (χ0n) is 14.8. The third kappa shape index (κ3) is 4.96. The smallest absolute Gasteiger partial charge is 0.245 e. The average Bonchev–Trinajstić information content (AvgIpc) is 2.52. The molecule has 24 heavy (non-hydrogen) atoms. The third-order valence-electron chi connectivity index (χ3n) is 4.12. The molecule has 1 aromatic carbocycles. The van der Waals surface area contributed by atoms with Crippen LogP contribution in [0.2, 0.25) is 0 Å². The Bertz CT molecular complexity index is 581. The highest BCUT2D eigenvalue weighted by atomic mass is 16.5. The molecule has 0 aromatic heterocycles. The van der Waals surface area contributed by atoms with Gasteiger partial charge in [-0.3, -0.25) is 9.59 Å². The molecule has 1 saturated heterocycles. The van der Waals surface area contributed by atoms with Crippen molar-refractivity contribution >= 4 is 11.8 Å². The van der Waals surface area contributed by atoms with Crippen molar-refractivity contribution in [2.75, 3.05) is 20.2 Å². The van der Waals surface area contributed by atoms with Crippen LogP contribution in [0.4, 0.5) is 0 Å². The van der Waals surface area contributed by atoms with E-state index < -0.39 is 6.04 Å². The number of ether oxygens (including phenoxy) is 1. The van der Waals surface area contributed by atoms with Gasteiger partial charge >= 0.3 is 0 Å². The quantitative estimate of drug-likeness (QED) is 0.842. The van der Waals surface area contributed by atoms with Crippen molar-refractivity contribution in [3.05, 3.63) is 29.8 Å². The summed E-state index contributed by atoms with van der Waals surface area (Å²) in [6.45, 7) is 6.86. The van der Waals surface area contributed by atoms with Crippen LogP contribution in [0.5, 0.6) is 5.75 Å². The van der Waals surface area contributed by atoms with Crippen molar-refractivity contribution < 1.29 is 14.3 Å². The fraction of sp³-hybridized carbons (Fsp3) is 0.556. The van der Waals surface area contributed by atoms with Gasteiger partial charge in [0.25, 0.3) is 0 Å². The van der Waals surface area contributed by atoms with Crippen molar-refractivity contribution in [2.45, 2.75) is 45.3 Å². The third-order valence-corrected chi connectivity index (χ3v) is 4.12. The molecule has 1 fully saturated rings. The lowest BCUT2D eigenvalue weighted by Crippen LogP contribution is -2.59. The zero-order chi connectivity index (χ0) is 17.7. The largest absolute Gasteiger partial charge is 0.497 e. The molecule has 1 aromatic rings. The van der Waals surface area contributed by atoms with Crippen molar-refractivity contribution in [3.8, 4) is 5.75 Å². The molecule has 0 radical (unpaired) electrons. The van der Waals surface area contributed by atoms with Crippen molar-refractivity contribution in [2.24, 2.45) is 0 Å². The number of carbonyl (C=O) groups is 2. The normalized spacial score (nSPS) is 21.9. The van der Waals surface area contributed by atoms with Gasteiger partial charge in [0.1, 0.15) is 11.8 Å². The van der Waals surface area contributed by atoms with Gasteiger partial charge in [0.2, 0.25) is 11.8 Å². The summed E-state index contributed by atoms with van der Waals surface area (Å²) in [7, 11) is 1.61. The Balaban J connectivity index is 2.14. The predicted molar refractivity (Wildman–Crippen MR) is 92.9 cm³/mol. The molecule has 2 N–H and O–H groups in total. The van der Waals surface area contributed by atoms with Crippen molar-refractivity contribution in [3.63, 3.8) is 0 Å². The van der Waals surface area contributed by atoms with E-state index in [1.54, 1.807) is 7.11 Å². The summed E-state index contributed by atoms with van der Waals surface area (Å²) in [5.41, 5.74) is 0.956. The van der Waals surface area contributed by atoms with Gasteiger partial charge in [-0.2, -0.15) is 0 Å². The van der Waals surface area contributed by atoms with Crippen LogP contribution < -0.4 is 15.4 Å². The highest BCUT2D eigenvalue weighted by Gasteiger charge is 2.30. The summed E-state index contributed by atoms with van der Waals surface area (Å²) in [5, 5.41) is 6.21. The van der Waals surface area contributed by atoms with Gasteiger partial charge in [0.05, 0.1) is 7.11 Å². The van der Waals surface area contributed by atoms with E-state index >= 15 is 0 Å². The molecule has 0 spiro atoms. The monoisotopic (exact) mass is 333 g/mol. The average molecular weight is 333 g/mol. The molecule has 2 amide bonds. The molecule has 1 aliphatic heterocycles. The van der Waals surface area contributed by atoms with Gasteiger partial charge in [-0.25, -0.2) is 0 Å². The minimum atomic E-state index is -0.563. The molecule has 6 nitrogen and oxygen atoms in total. The number of nitrogens with zero attached hydrogens (tertiary/aromatic N) is 1. The molecule has 0 saturated carbocycles. The number of hydrogen-bond acceptors (Lipinski definition) is 4. The molecule has 1 heterocycles. The lowest BCUT2D eigenvalue weighted by atomic mass is 10.0. The van der Waals surface area contributed by atoms with E-state index in [1.165, 1.54) is 6.92 Å². The van der Waals surface area contributed by atoms with Crippen LogP contribution in [0.3, 0.4) is 0 Å². The number of rotatable bonds is 5. The van der Waals surface area contributed by atoms with Crippen molar-refractivity contribution in [1.82, 2.24) is 15.5 Å². The molecule has 2 rings (SSSR count). The van der Waals surface area contributed by atoms with E-state index in [4.69, 9.17) is 4.74 Å². The minimum Gasteiger partial charge on any atom is -0.497 e. The van der Waals surface area contributed by atoms with Gasteiger partial charge in [-0.1, -0.05) is 12.1 Å². The number of piperazine rings is 1. The van der Waals surface area contributed by atoms with E-state index in [2.05, 4.69) is 24.5 Å². The summed E-state index contributed by atoms with van der Waals surface area (Å²) in [6.07, 6.45) is 0.447. The molecule has 132 valence electrons.